The van der Waals surface area contributed by atoms with E-state index in [0.29, 0.717) is 10.8 Å². The maximum absolute atomic E-state index is 11.6. The molecule has 0 bridgehead atoms. The lowest BCUT2D eigenvalue weighted by atomic mass is 10.3. The Bertz CT molecular complexity index is 436. The Hall–Kier alpha value is -1.75. The third-order valence-corrected chi connectivity index (χ3v) is 2.35. The molecule has 1 amide bonds. The molecule has 1 aromatic carbocycles. The van der Waals surface area contributed by atoms with Crippen molar-refractivity contribution < 1.29 is 19.1 Å². The van der Waals surface area contributed by atoms with Crippen LogP contribution in [0, 0.1) is 0 Å². The number of hydrogen-bond donors (Lipinski definition) is 1. The Balaban J connectivity index is 2.47. The summed E-state index contributed by atoms with van der Waals surface area (Å²) >= 11 is 5.79. The van der Waals surface area contributed by atoms with Crippen LogP contribution in [0.3, 0.4) is 0 Å². The largest absolute Gasteiger partial charge is 0.481 e. The summed E-state index contributed by atoms with van der Waals surface area (Å²) in [6.45, 7) is 1.39. The van der Waals surface area contributed by atoms with Gasteiger partial charge in [-0.15, -0.1) is 0 Å². The molecule has 1 rings (SSSR count). The number of ether oxygens (including phenoxy) is 2. The van der Waals surface area contributed by atoms with E-state index in [9.17, 15) is 9.59 Å². The van der Waals surface area contributed by atoms with Gasteiger partial charge in [0.05, 0.1) is 7.11 Å². The van der Waals surface area contributed by atoms with Crippen LogP contribution in [0.15, 0.2) is 24.3 Å². The van der Waals surface area contributed by atoms with Crippen LogP contribution in [0.25, 0.3) is 0 Å². The van der Waals surface area contributed by atoms with Crippen LogP contribution in [-0.4, -0.2) is 31.6 Å². The molecule has 0 saturated carbocycles. The van der Waals surface area contributed by atoms with Crippen molar-refractivity contribution in [2.45, 2.75) is 13.0 Å². The third kappa shape index (κ3) is 4.63. The zero-order valence-corrected chi connectivity index (χ0v) is 10.9. The first kappa shape index (κ1) is 14.3. The van der Waals surface area contributed by atoms with Gasteiger partial charge in [-0.2, -0.15) is 0 Å². The van der Waals surface area contributed by atoms with Gasteiger partial charge in [-0.05, 0) is 25.1 Å². The monoisotopic (exact) mass is 271 g/mol. The number of rotatable bonds is 5. The van der Waals surface area contributed by atoms with Crippen molar-refractivity contribution in [2.75, 3.05) is 13.7 Å². The molecule has 5 nitrogen and oxygen atoms in total. The SMILES string of the molecule is COC(=O)CNC(=O)C(C)Oc1cccc(Cl)c1. The summed E-state index contributed by atoms with van der Waals surface area (Å²) in [6.07, 6.45) is -0.729. The number of carbonyl (C=O) groups is 2. The number of amides is 1. The van der Waals surface area contributed by atoms with Crippen LogP contribution in [0.5, 0.6) is 5.75 Å². The Labute approximate surface area is 110 Å². The molecule has 0 spiro atoms. The molecule has 0 aliphatic carbocycles. The number of esters is 1. The van der Waals surface area contributed by atoms with E-state index in [2.05, 4.69) is 10.1 Å². The minimum atomic E-state index is -0.729. The highest BCUT2D eigenvalue weighted by Crippen LogP contribution is 2.18. The van der Waals surface area contributed by atoms with Crippen molar-refractivity contribution in [3.63, 3.8) is 0 Å². The Morgan fingerprint density at radius 2 is 2.17 bits per heavy atom. The Morgan fingerprint density at radius 1 is 1.44 bits per heavy atom. The topological polar surface area (TPSA) is 64.6 Å². The van der Waals surface area contributed by atoms with Crippen molar-refractivity contribution in [2.24, 2.45) is 0 Å². The van der Waals surface area contributed by atoms with Crippen molar-refractivity contribution in [3.05, 3.63) is 29.3 Å². The van der Waals surface area contributed by atoms with E-state index in [1.54, 1.807) is 31.2 Å². The highest BCUT2D eigenvalue weighted by atomic mass is 35.5. The summed E-state index contributed by atoms with van der Waals surface area (Å²) in [5.74, 6) is -0.429. The normalized spacial score (nSPS) is 11.5. The first-order valence-corrected chi connectivity index (χ1v) is 5.67. The predicted molar refractivity (Wildman–Crippen MR) is 66.6 cm³/mol. The van der Waals surface area contributed by atoms with E-state index < -0.39 is 18.0 Å². The molecule has 0 fully saturated rings. The molecule has 98 valence electrons. The van der Waals surface area contributed by atoms with E-state index in [1.165, 1.54) is 7.11 Å². The van der Waals surface area contributed by atoms with Crippen molar-refractivity contribution in [1.29, 1.82) is 0 Å². The zero-order valence-electron chi connectivity index (χ0n) is 10.1. The van der Waals surface area contributed by atoms with Crippen LogP contribution < -0.4 is 10.1 Å². The fraction of sp³-hybridized carbons (Fsp3) is 0.333. The number of carbonyl (C=O) groups excluding carboxylic acids is 2. The second-order valence-electron chi connectivity index (χ2n) is 3.51. The second-order valence-corrected chi connectivity index (χ2v) is 3.95. The zero-order chi connectivity index (χ0) is 13.5. The summed E-state index contributed by atoms with van der Waals surface area (Å²) in [4.78, 5) is 22.4. The predicted octanol–water partition coefficient (Wildman–Crippen LogP) is 1.40. The summed E-state index contributed by atoms with van der Waals surface area (Å²) < 4.78 is 9.78. The molecule has 0 heterocycles. The smallest absolute Gasteiger partial charge is 0.325 e. The van der Waals surface area contributed by atoms with Crippen molar-refractivity contribution >= 4 is 23.5 Å². The van der Waals surface area contributed by atoms with Gasteiger partial charge in [0, 0.05) is 5.02 Å². The van der Waals surface area contributed by atoms with Crippen LogP contribution in [0.1, 0.15) is 6.92 Å². The van der Waals surface area contributed by atoms with Crippen LogP contribution in [0.4, 0.5) is 0 Å². The van der Waals surface area contributed by atoms with Crippen LogP contribution >= 0.6 is 11.6 Å². The molecule has 1 unspecified atom stereocenters. The molecule has 1 atom stereocenters. The molecule has 6 heteroatoms. The van der Waals surface area contributed by atoms with Gasteiger partial charge in [-0.25, -0.2) is 0 Å². The third-order valence-electron chi connectivity index (χ3n) is 2.11. The number of hydrogen-bond acceptors (Lipinski definition) is 4. The van der Waals surface area contributed by atoms with Crippen molar-refractivity contribution in [3.8, 4) is 5.75 Å². The molecule has 0 radical (unpaired) electrons. The van der Waals surface area contributed by atoms with Gasteiger partial charge in [0.25, 0.3) is 5.91 Å². The quantitative estimate of drug-likeness (QED) is 0.822. The fourth-order valence-corrected chi connectivity index (χ4v) is 1.35. The molecule has 0 saturated heterocycles. The maximum Gasteiger partial charge on any atom is 0.325 e. The molecular formula is C12H14ClNO4. The standard InChI is InChI=1S/C12H14ClNO4/c1-8(12(16)14-7-11(15)17-2)18-10-5-3-4-9(13)6-10/h3-6,8H,7H2,1-2H3,(H,14,16). The van der Waals surface area contributed by atoms with E-state index in [-0.39, 0.29) is 6.54 Å². The summed E-state index contributed by atoms with van der Waals surface area (Å²) in [5.41, 5.74) is 0. The van der Waals surface area contributed by atoms with Crippen molar-refractivity contribution in [1.82, 2.24) is 5.32 Å². The first-order chi connectivity index (χ1) is 8.52. The molecular weight excluding hydrogens is 258 g/mol. The van der Waals surface area contributed by atoms with Gasteiger partial charge in [-0.1, -0.05) is 17.7 Å². The summed E-state index contributed by atoms with van der Waals surface area (Å²) in [5, 5.41) is 2.92. The number of nitrogens with one attached hydrogen (secondary N) is 1. The Morgan fingerprint density at radius 3 is 2.78 bits per heavy atom. The van der Waals surface area contributed by atoms with Gasteiger partial charge >= 0.3 is 5.97 Å². The summed E-state index contributed by atoms with van der Waals surface area (Å²) in [7, 11) is 1.25. The van der Waals surface area contributed by atoms with E-state index in [4.69, 9.17) is 16.3 Å². The molecule has 1 aromatic rings. The van der Waals surface area contributed by atoms with E-state index in [0.717, 1.165) is 0 Å². The Kier molecular flexibility index (Phi) is 5.45. The average molecular weight is 272 g/mol. The molecule has 0 aromatic heterocycles. The lowest BCUT2D eigenvalue weighted by Crippen LogP contribution is -2.39. The maximum atomic E-state index is 11.6. The number of halogens is 1. The minimum absolute atomic E-state index is 0.182. The first-order valence-electron chi connectivity index (χ1n) is 5.29. The number of benzene rings is 1. The van der Waals surface area contributed by atoms with Gasteiger partial charge in [0.2, 0.25) is 0 Å². The summed E-state index contributed by atoms with van der Waals surface area (Å²) in [6, 6.07) is 6.72. The van der Waals surface area contributed by atoms with Gasteiger partial charge in [-0.3, -0.25) is 9.59 Å². The van der Waals surface area contributed by atoms with Crippen LogP contribution in [-0.2, 0) is 14.3 Å². The highest BCUT2D eigenvalue weighted by Gasteiger charge is 2.15. The van der Waals surface area contributed by atoms with Crippen LogP contribution in [0.2, 0.25) is 5.02 Å². The molecule has 18 heavy (non-hydrogen) atoms. The lowest BCUT2D eigenvalue weighted by Gasteiger charge is -2.14. The van der Waals surface area contributed by atoms with E-state index >= 15 is 0 Å². The fourth-order valence-electron chi connectivity index (χ4n) is 1.17. The second kappa shape index (κ2) is 6.86. The average Bonchev–Trinajstić information content (AvgIpc) is 2.35. The van der Waals surface area contributed by atoms with Gasteiger partial charge < -0.3 is 14.8 Å². The molecule has 0 aliphatic heterocycles. The number of methoxy groups -OCH3 is 1. The van der Waals surface area contributed by atoms with E-state index in [1.807, 2.05) is 0 Å². The molecule has 1 N–H and O–H groups in total. The van der Waals surface area contributed by atoms with Gasteiger partial charge in [0.1, 0.15) is 12.3 Å². The minimum Gasteiger partial charge on any atom is -0.481 e. The molecule has 0 aliphatic rings. The lowest BCUT2D eigenvalue weighted by molar-refractivity contribution is -0.141. The van der Waals surface area contributed by atoms with Gasteiger partial charge in [0.15, 0.2) is 6.10 Å². The highest BCUT2D eigenvalue weighted by molar-refractivity contribution is 6.30.